The van der Waals surface area contributed by atoms with Crippen molar-refractivity contribution in [1.29, 1.82) is 0 Å². The van der Waals surface area contributed by atoms with Crippen molar-refractivity contribution in [3.05, 3.63) is 23.8 Å². The lowest BCUT2D eigenvalue weighted by molar-refractivity contribution is 0.427. The molecule has 0 aliphatic heterocycles. The predicted octanol–water partition coefficient (Wildman–Crippen LogP) is 4.03. The van der Waals surface area contributed by atoms with Crippen LogP contribution in [0, 0.1) is 0 Å². The third kappa shape index (κ3) is 3.46. The number of hydrogen-bond acceptors (Lipinski definition) is 3. The van der Waals surface area contributed by atoms with Gasteiger partial charge in [0.2, 0.25) is 0 Å². The van der Waals surface area contributed by atoms with Gasteiger partial charge in [0.1, 0.15) is 0 Å². The van der Waals surface area contributed by atoms with Crippen molar-refractivity contribution in [3.8, 4) is 0 Å². The molecule has 0 heterocycles. The van der Waals surface area contributed by atoms with Crippen molar-refractivity contribution in [2.45, 2.75) is 56.5 Å². The summed E-state index contributed by atoms with van der Waals surface area (Å²) in [5.41, 5.74) is 8.67. The quantitative estimate of drug-likeness (QED) is 0.825. The maximum absolute atomic E-state index is 6.01. The van der Waals surface area contributed by atoms with Crippen molar-refractivity contribution >= 4 is 17.4 Å². The van der Waals surface area contributed by atoms with E-state index in [1.165, 1.54) is 48.3 Å². The van der Waals surface area contributed by atoms with E-state index in [0.29, 0.717) is 12.6 Å². The molecule has 106 valence electrons. The first kappa shape index (κ1) is 14.7. The molecule has 0 atom stereocenters. The molecule has 0 radical (unpaired) electrons. The molecule has 0 unspecified atom stereocenters. The molecule has 0 aromatic heterocycles. The molecule has 2 rings (SSSR count). The summed E-state index contributed by atoms with van der Waals surface area (Å²) in [6, 6.07) is 7.30. The van der Waals surface area contributed by atoms with E-state index >= 15 is 0 Å². The average molecular weight is 278 g/mol. The Balaban J connectivity index is 2.24. The molecule has 1 aromatic carbocycles. The van der Waals surface area contributed by atoms with Gasteiger partial charge in [-0.3, -0.25) is 0 Å². The minimum Gasteiger partial charge on any atom is -0.371 e. The fraction of sp³-hybridized carbons (Fsp3) is 0.625. The molecule has 1 aliphatic rings. The minimum atomic E-state index is 0.634. The zero-order valence-corrected chi connectivity index (χ0v) is 13.0. The highest BCUT2D eigenvalue weighted by molar-refractivity contribution is 7.99. The van der Waals surface area contributed by atoms with Crippen LogP contribution in [0.3, 0.4) is 0 Å². The number of anilines is 1. The Labute approximate surface area is 121 Å². The van der Waals surface area contributed by atoms with Crippen LogP contribution in [0.5, 0.6) is 0 Å². The monoisotopic (exact) mass is 278 g/mol. The second-order valence-corrected chi connectivity index (χ2v) is 6.60. The maximum Gasteiger partial charge on any atom is 0.0422 e. The van der Waals surface area contributed by atoms with Crippen molar-refractivity contribution in [2.75, 3.05) is 17.7 Å². The molecule has 2 N–H and O–H groups in total. The van der Waals surface area contributed by atoms with Gasteiger partial charge in [0.05, 0.1) is 0 Å². The fourth-order valence-corrected chi connectivity index (χ4v) is 3.89. The predicted molar refractivity (Wildman–Crippen MR) is 86.0 cm³/mol. The van der Waals surface area contributed by atoms with Crippen LogP contribution in [-0.4, -0.2) is 18.8 Å². The number of hydrogen-bond donors (Lipinski definition) is 1. The van der Waals surface area contributed by atoms with Gasteiger partial charge >= 0.3 is 0 Å². The number of rotatable bonds is 5. The van der Waals surface area contributed by atoms with Gasteiger partial charge in [0, 0.05) is 35.8 Å². The molecule has 1 saturated carbocycles. The molecule has 0 amide bonds. The topological polar surface area (TPSA) is 29.3 Å². The second kappa shape index (κ2) is 7.20. The van der Waals surface area contributed by atoms with Crippen molar-refractivity contribution < 1.29 is 0 Å². The van der Waals surface area contributed by atoms with Crippen molar-refractivity contribution in [1.82, 2.24) is 0 Å². The van der Waals surface area contributed by atoms with Crippen molar-refractivity contribution in [3.63, 3.8) is 0 Å². The summed E-state index contributed by atoms with van der Waals surface area (Å²) < 4.78 is 0. The third-order valence-electron chi connectivity index (χ3n) is 4.11. The van der Waals surface area contributed by atoms with Gasteiger partial charge < -0.3 is 10.6 Å². The summed E-state index contributed by atoms with van der Waals surface area (Å²) >= 11 is 1.90. The van der Waals surface area contributed by atoms with Gasteiger partial charge in [-0.1, -0.05) is 32.3 Å². The van der Waals surface area contributed by atoms with E-state index < -0.39 is 0 Å². The highest BCUT2D eigenvalue weighted by Gasteiger charge is 2.20. The SMILES string of the molecule is CCSc1cccc(N(C)C2CCCCC2)c1CN. The lowest BCUT2D eigenvalue weighted by Crippen LogP contribution is -2.34. The van der Waals surface area contributed by atoms with Crippen LogP contribution in [0.2, 0.25) is 0 Å². The van der Waals surface area contributed by atoms with Gasteiger partial charge in [-0.05, 0) is 30.7 Å². The standard InChI is InChI=1S/C16H26N2S/c1-3-19-16-11-7-10-15(14(16)12-17)18(2)13-8-5-4-6-9-13/h7,10-11,13H,3-6,8-9,12,17H2,1-2H3. The Morgan fingerprint density at radius 2 is 2.00 bits per heavy atom. The molecule has 0 bridgehead atoms. The van der Waals surface area contributed by atoms with Crippen LogP contribution in [-0.2, 0) is 6.54 Å². The lowest BCUT2D eigenvalue weighted by atomic mass is 9.94. The first-order valence-electron chi connectivity index (χ1n) is 7.45. The first-order chi connectivity index (χ1) is 9.27. The number of nitrogens with two attached hydrogens (primary N) is 1. The van der Waals surface area contributed by atoms with Crippen LogP contribution in [0.4, 0.5) is 5.69 Å². The Morgan fingerprint density at radius 1 is 1.26 bits per heavy atom. The van der Waals surface area contributed by atoms with Gasteiger partial charge in [0.25, 0.3) is 0 Å². The van der Waals surface area contributed by atoms with Crippen LogP contribution >= 0.6 is 11.8 Å². The van der Waals surface area contributed by atoms with E-state index in [0.717, 1.165) is 5.75 Å². The highest BCUT2D eigenvalue weighted by atomic mass is 32.2. The zero-order chi connectivity index (χ0) is 13.7. The van der Waals surface area contributed by atoms with Crippen LogP contribution in [0.25, 0.3) is 0 Å². The van der Waals surface area contributed by atoms with Gasteiger partial charge in [-0.15, -0.1) is 11.8 Å². The summed E-state index contributed by atoms with van der Waals surface area (Å²) in [5.74, 6) is 1.10. The number of thioether (sulfide) groups is 1. The number of nitrogens with zero attached hydrogens (tertiary/aromatic N) is 1. The largest absolute Gasteiger partial charge is 0.371 e. The molecule has 0 saturated heterocycles. The Morgan fingerprint density at radius 3 is 2.63 bits per heavy atom. The molecular weight excluding hydrogens is 252 g/mol. The van der Waals surface area contributed by atoms with Crippen molar-refractivity contribution in [2.24, 2.45) is 5.73 Å². The van der Waals surface area contributed by atoms with Crippen LogP contribution in [0.1, 0.15) is 44.6 Å². The molecule has 1 fully saturated rings. The normalized spacial score (nSPS) is 16.6. The van der Waals surface area contributed by atoms with E-state index in [9.17, 15) is 0 Å². The molecule has 1 aliphatic carbocycles. The van der Waals surface area contributed by atoms with E-state index in [-0.39, 0.29) is 0 Å². The Kier molecular flexibility index (Phi) is 5.59. The van der Waals surface area contributed by atoms with Gasteiger partial charge in [-0.2, -0.15) is 0 Å². The molecule has 0 spiro atoms. The lowest BCUT2D eigenvalue weighted by Gasteiger charge is -2.34. The molecule has 1 aromatic rings. The minimum absolute atomic E-state index is 0.634. The summed E-state index contributed by atoms with van der Waals surface area (Å²) in [6.07, 6.45) is 6.80. The second-order valence-electron chi connectivity index (χ2n) is 5.29. The van der Waals surface area contributed by atoms with Crippen LogP contribution < -0.4 is 10.6 Å². The third-order valence-corrected chi connectivity index (χ3v) is 5.10. The van der Waals surface area contributed by atoms with E-state index in [2.05, 4.69) is 37.1 Å². The first-order valence-corrected chi connectivity index (χ1v) is 8.44. The molecular formula is C16H26N2S. The Hall–Kier alpha value is -0.670. The fourth-order valence-electron chi connectivity index (χ4n) is 3.05. The van der Waals surface area contributed by atoms with Gasteiger partial charge in [-0.25, -0.2) is 0 Å². The smallest absolute Gasteiger partial charge is 0.0422 e. The van der Waals surface area contributed by atoms with E-state index in [1.807, 2.05) is 11.8 Å². The summed E-state index contributed by atoms with van der Waals surface area (Å²) in [4.78, 5) is 3.83. The molecule has 3 heteroatoms. The van der Waals surface area contributed by atoms with Gasteiger partial charge in [0.15, 0.2) is 0 Å². The van der Waals surface area contributed by atoms with E-state index in [4.69, 9.17) is 5.73 Å². The molecule has 2 nitrogen and oxygen atoms in total. The average Bonchev–Trinajstić information content (AvgIpc) is 2.47. The summed E-state index contributed by atoms with van der Waals surface area (Å²) in [5, 5.41) is 0. The maximum atomic E-state index is 6.01. The van der Waals surface area contributed by atoms with E-state index in [1.54, 1.807) is 0 Å². The number of benzene rings is 1. The molecule has 19 heavy (non-hydrogen) atoms. The van der Waals surface area contributed by atoms with Crippen LogP contribution in [0.15, 0.2) is 23.1 Å². The highest BCUT2D eigenvalue weighted by Crippen LogP contribution is 2.33. The Bertz CT molecular complexity index is 400. The summed E-state index contributed by atoms with van der Waals surface area (Å²) in [7, 11) is 2.24. The summed E-state index contributed by atoms with van der Waals surface area (Å²) in [6.45, 7) is 2.83. The zero-order valence-electron chi connectivity index (χ0n) is 12.2.